The van der Waals surface area contributed by atoms with Gasteiger partial charge in [0.2, 0.25) is 0 Å². The summed E-state index contributed by atoms with van der Waals surface area (Å²) >= 11 is 3.02. The predicted octanol–water partition coefficient (Wildman–Crippen LogP) is 1.76. The van der Waals surface area contributed by atoms with Gasteiger partial charge in [-0.2, -0.15) is 0 Å². The number of alkyl halides is 1. The number of esters is 1. The molecule has 4 nitrogen and oxygen atoms in total. The number of carbonyl (C=O) groups excluding carboxylic acids is 2. The first kappa shape index (κ1) is 11.7. The highest BCUT2D eigenvalue weighted by Crippen LogP contribution is 2.19. The van der Waals surface area contributed by atoms with Crippen molar-refractivity contribution in [1.82, 2.24) is 0 Å². The minimum Gasteiger partial charge on any atom is -0.507 e. The third-order valence-electron chi connectivity index (χ3n) is 1.85. The molecule has 15 heavy (non-hydrogen) atoms. The van der Waals surface area contributed by atoms with Crippen molar-refractivity contribution in [3.05, 3.63) is 29.3 Å². The number of ketones is 1. The number of aromatic hydroxyl groups is 1. The van der Waals surface area contributed by atoms with Crippen LogP contribution in [0.15, 0.2) is 18.2 Å². The van der Waals surface area contributed by atoms with Gasteiger partial charge >= 0.3 is 5.97 Å². The van der Waals surface area contributed by atoms with E-state index in [1.165, 1.54) is 25.3 Å². The standard InChI is InChI=1S/C10H9BrO4/c1-15-10(14)7-4-6(9(13)5-11)2-3-8(7)12/h2-4,12H,5H2,1H3/i9+1. The summed E-state index contributed by atoms with van der Waals surface area (Å²) in [7, 11) is 1.21. The lowest BCUT2D eigenvalue weighted by molar-refractivity contribution is 0.0597. The Bertz CT molecular complexity index is 400. The van der Waals surface area contributed by atoms with Crippen molar-refractivity contribution < 1.29 is 19.4 Å². The largest absolute Gasteiger partial charge is 0.507 e. The van der Waals surface area contributed by atoms with Crippen LogP contribution in [0.4, 0.5) is 0 Å². The number of halogens is 1. The lowest BCUT2D eigenvalue weighted by atomic mass is 10.1. The minimum absolute atomic E-state index is 0.00991. The second-order valence-corrected chi connectivity index (χ2v) is 3.34. The van der Waals surface area contributed by atoms with E-state index in [9.17, 15) is 14.7 Å². The van der Waals surface area contributed by atoms with Gasteiger partial charge in [-0.25, -0.2) is 4.79 Å². The summed E-state index contributed by atoms with van der Waals surface area (Å²) in [4.78, 5) is 22.5. The molecule has 1 aromatic rings. The predicted molar refractivity (Wildman–Crippen MR) is 57.6 cm³/mol. The maximum Gasteiger partial charge on any atom is 0.341 e. The van der Waals surface area contributed by atoms with Gasteiger partial charge < -0.3 is 9.84 Å². The molecular weight excluding hydrogens is 265 g/mol. The van der Waals surface area contributed by atoms with Crippen molar-refractivity contribution in [2.45, 2.75) is 0 Å². The lowest BCUT2D eigenvalue weighted by Gasteiger charge is -2.04. The van der Waals surface area contributed by atoms with Gasteiger partial charge in [0.1, 0.15) is 11.3 Å². The molecule has 0 spiro atoms. The Balaban J connectivity index is 3.16. The average molecular weight is 274 g/mol. The summed E-state index contributed by atoms with van der Waals surface area (Å²) in [6.07, 6.45) is 0. The van der Waals surface area contributed by atoms with Crippen LogP contribution in [0.3, 0.4) is 0 Å². The third-order valence-corrected chi connectivity index (χ3v) is 2.35. The molecule has 0 unspecified atom stereocenters. The van der Waals surface area contributed by atoms with Crippen LogP contribution in [0.1, 0.15) is 20.7 Å². The molecule has 80 valence electrons. The van der Waals surface area contributed by atoms with Gasteiger partial charge in [-0.05, 0) is 18.2 Å². The number of phenolic OH excluding ortho intramolecular Hbond substituents is 1. The first-order chi connectivity index (χ1) is 7.10. The number of rotatable bonds is 3. The second kappa shape index (κ2) is 4.93. The number of methoxy groups -OCH3 is 1. The molecule has 5 heteroatoms. The zero-order valence-corrected chi connectivity index (χ0v) is 9.58. The number of phenols is 1. The van der Waals surface area contributed by atoms with Crippen molar-refractivity contribution in [3.63, 3.8) is 0 Å². The molecule has 0 aliphatic carbocycles. The quantitative estimate of drug-likeness (QED) is 0.395. The van der Waals surface area contributed by atoms with Crippen LogP contribution >= 0.6 is 15.9 Å². The van der Waals surface area contributed by atoms with Crippen molar-refractivity contribution in [2.75, 3.05) is 12.4 Å². The molecule has 0 aromatic heterocycles. The number of benzene rings is 1. The van der Waals surface area contributed by atoms with E-state index in [4.69, 9.17) is 0 Å². The van der Waals surface area contributed by atoms with Gasteiger partial charge in [0.05, 0.1) is 12.4 Å². The molecule has 0 bridgehead atoms. The summed E-state index contributed by atoms with van der Waals surface area (Å²) in [5.74, 6) is -1.04. The van der Waals surface area contributed by atoms with E-state index in [0.717, 1.165) is 0 Å². The van der Waals surface area contributed by atoms with Crippen LogP contribution in [0.5, 0.6) is 5.75 Å². The summed E-state index contributed by atoms with van der Waals surface area (Å²) in [5.41, 5.74) is 0.342. The Labute approximate surface area is 95.0 Å². The highest BCUT2D eigenvalue weighted by atomic mass is 79.9. The molecule has 0 saturated carbocycles. The molecule has 0 radical (unpaired) electrons. The first-order valence-electron chi connectivity index (χ1n) is 4.10. The molecule has 0 saturated heterocycles. The molecule has 1 aromatic carbocycles. The summed E-state index contributed by atoms with van der Waals surface area (Å²) in [6, 6.07) is 4.05. The van der Waals surface area contributed by atoms with E-state index in [-0.39, 0.29) is 22.4 Å². The SMILES string of the molecule is COC(=O)c1cc([13C](=O)CBr)ccc1O. The molecule has 0 amide bonds. The molecular formula is C10H9BrO4. The van der Waals surface area contributed by atoms with E-state index >= 15 is 0 Å². The Kier molecular flexibility index (Phi) is 3.85. The van der Waals surface area contributed by atoms with Gasteiger partial charge in [-0.1, -0.05) is 15.9 Å². The van der Waals surface area contributed by atoms with E-state index in [0.29, 0.717) is 5.56 Å². The lowest BCUT2D eigenvalue weighted by Crippen LogP contribution is -2.05. The topological polar surface area (TPSA) is 63.6 Å². The van der Waals surface area contributed by atoms with E-state index in [1.54, 1.807) is 0 Å². The van der Waals surface area contributed by atoms with E-state index in [2.05, 4.69) is 20.7 Å². The van der Waals surface area contributed by atoms with Crippen LogP contribution in [0.2, 0.25) is 0 Å². The number of carbonyl (C=O) groups is 2. The Morgan fingerprint density at radius 3 is 2.67 bits per heavy atom. The van der Waals surface area contributed by atoms with Crippen molar-refractivity contribution >= 4 is 27.7 Å². The monoisotopic (exact) mass is 273 g/mol. The van der Waals surface area contributed by atoms with E-state index in [1.807, 2.05) is 0 Å². The minimum atomic E-state index is -0.670. The fraction of sp³-hybridized carbons (Fsp3) is 0.200. The van der Waals surface area contributed by atoms with Gasteiger partial charge in [-0.3, -0.25) is 4.79 Å². The number of Topliss-reactive ketones (excluding diaryl/α,β-unsaturated/α-hetero) is 1. The second-order valence-electron chi connectivity index (χ2n) is 2.78. The van der Waals surface area contributed by atoms with Crippen LogP contribution in [0, 0.1) is 0 Å². The van der Waals surface area contributed by atoms with E-state index < -0.39 is 5.97 Å². The fourth-order valence-corrected chi connectivity index (χ4v) is 1.38. The molecule has 0 aliphatic heterocycles. The van der Waals surface area contributed by atoms with Crippen molar-refractivity contribution in [3.8, 4) is 5.75 Å². The Morgan fingerprint density at radius 2 is 2.13 bits per heavy atom. The highest BCUT2D eigenvalue weighted by molar-refractivity contribution is 9.09. The van der Waals surface area contributed by atoms with Gasteiger partial charge in [0.15, 0.2) is 5.78 Å². The third kappa shape index (κ3) is 2.56. The summed E-state index contributed by atoms with van der Waals surface area (Å²) in [5, 5.41) is 9.53. The van der Waals surface area contributed by atoms with Gasteiger partial charge in [0.25, 0.3) is 0 Å². The molecule has 0 aliphatic rings. The molecule has 0 fully saturated rings. The smallest absolute Gasteiger partial charge is 0.341 e. The molecule has 1 N–H and O–H groups in total. The summed E-state index contributed by atoms with van der Waals surface area (Å²) < 4.78 is 4.46. The zero-order chi connectivity index (χ0) is 11.4. The number of hydrogen-bond acceptors (Lipinski definition) is 4. The van der Waals surface area contributed by atoms with Crippen molar-refractivity contribution in [1.29, 1.82) is 0 Å². The van der Waals surface area contributed by atoms with Crippen LogP contribution < -0.4 is 0 Å². The fourth-order valence-electron chi connectivity index (χ4n) is 1.06. The average Bonchev–Trinajstić information content (AvgIpc) is 2.27. The maximum atomic E-state index is 11.3. The van der Waals surface area contributed by atoms with Crippen LogP contribution in [0.25, 0.3) is 0 Å². The maximum absolute atomic E-state index is 11.3. The van der Waals surface area contributed by atoms with Crippen molar-refractivity contribution in [2.24, 2.45) is 0 Å². The normalized spacial score (nSPS) is 9.73. The number of hydrogen-bond donors (Lipinski definition) is 1. The molecule has 0 heterocycles. The van der Waals surface area contributed by atoms with Gasteiger partial charge in [0, 0.05) is 5.56 Å². The Hall–Kier alpha value is -1.36. The zero-order valence-electron chi connectivity index (χ0n) is 7.99. The molecule has 1 rings (SSSR count). The first-order valence-corrected chi connectivity index (χ1v) is 5.22. The highest BCUT2D eigenvalue weighted by Gasteiger charge is 2.14. The number of ether oxygens (including phenoxy) is 1. The Morgan fingerprint density at radius 1 is 1.47 bits per heavy atom. The summed E-state index contributed by atoms with van der Waals surface area (Å²) in [6.45, 7) is 0. The van der Waals surface area contributed by atoms with Crippen LogP contribution in [-0.4, -0.2) is 29.3 Å². The molecule has 0 atom stereocenters. The van der Waals surface area contributed by atoms with Gasteiger partial charge in [-0.15, -0.1) is 0 Å². The van der Waals surface area contributed by atoms with Crippen LogP contribution in [-0.2, 0) is 4.74 Å².